The van der Waals surface area contributed by atoms with Gasteiger partial charge in [0.2, 0.25) is 5.89 Å². The Balaban J connectivity index is 1.41. The van der Waals surface area contributed by atoms with Crippen molar-refractivity contribution >= 4 is 34.6 Å². The molecule has 0 amide bonds. The van der Waals surface area contributed by atoms with E-state index in [0.29, 0.717) is 27.9 Å². The number of carbonyl (C=O) groups is 1. The number of likely N-dealkylation sites (N-methyl/N-ethyl adjacent to an activating group) is 1. The van der Waals surface area contributed by atoms with Gasteiger partial charge in [0.25, 0.3) is 0 Å². The topological polar surface area (TPSA) is 58.7 Å². The molecule has 0 N–H and O–H groups in total. The summed E-state index contributed by atoms with van der Waals surface area (Å²) in [5.41, 5.74) is 2.76. The summed E-state index contributed by atoms with van der Waals surface area (Å²) in [6, 6.07) is 11.5. The monoisotopic (exact) mass is 399 g/mol. The maximum absolute atomic E-state index is 12.2. The highest BCUT2D eigenvalue weighted by Crippen LogP contribution is 2.24. The van der Waals surface area contributed by atoms with Crippen molar-refractivity contribution in [2.24, 2.45) is 4.99 Å². The first-order chi connectivity index (χ1) is 13.1. The number of carbonyl (C=O) groups excluding carboxylic acids is 1. The highest BCUT2D eigenvalue weighted by Gasteiger charge is 2.15. The minimum Gasteiger partial charge on any atom is -0.444 e. The molecular formula is C20H18ClN3O2S. The number of hydrogen-bond donors (Lipinski definition) is 0. The molecule has 1 aromatic carbocycles. The van der Waals surface area contributed by atoms with Gasteiger partial charge in [-0.3, -0.25) is 9.79 Å². The van der Waals surface area contributed by atoms with Crippen molar-refractivity contribution in [2.45, 2.75) is 12.8 Å². The van der Waals surface area contributed by atoms with Crippen molar-refractivity contribution in [3.8, 4) is 11.5 Å². The molecule has 0 bridgehead atoms. The van der Waals surface area contributed by atoms with Gasteiger partial charge < -0.3 is 9.32 Å². The third kappa shape index (κ3) is 3.96. The van der Waals surface area contributed by atoms with Crippen molar-refractivity contribution in [3.05, 3.63) is 63.1 Å². The quantitative estimate of drug-likeness (QED) is 0.570. The molecule has 1 aliphatic heterocycles. The van der Waals surface area contributed by atoms with Crippen LogP contribution in [0.2, 0.25) is 4.34 Å². The van der Waals surface area contributed by atoms with Crippen molar-refractivity contribution in [1.29, 1.82) is 0 Å². The van der Waals surface area contributed by atoms with E-state index < -0.39 is 0 Å². The van der Waals surface area contributed by atoms with Gasteiger partial charge >= 0.3 is 0 Å². The first kappa shape index (κ1) is 17.9. The van der Waals surface area contributed by atoms with Crippen LogP contribution in [0.1, 0.15) is 27.3 Å². The Kier molecular flexibility index (Phi) is 5.09. The molecule has 5 nitrogen and oxygen atoms in total. The zero-order chi connectivity index (χ0) is 18.8. The largest absolute Gasteiger partial charge is 0.444 e. The number of amidine groups is 1. The lowest BCUT2D eigenvalue weighted by Crippen LogP contribution is -2.23. The van der Waals surface area contributed by atoms with E-state index in [4.69, 9.17) is 16.0 Å². The number of aryl methyl sites for hydroxylation is 1. The molecule has 0 aliphatic carbocycles. The molecule has 0 unspecified atom stereocenters. The van der Waals surface area contributed by atoms with Gasteiger partial charge in [0.05, 0.1) is 21.5 Å². The maximum Gasteiger partial charge on any atom is 0.226 e. The summed E-state index contributed by atoms with van der Waals surface area (Å²) < 4.78 is 6.22. The van der Waals surface area contributed by atoms with Crippen molar-refractivity contribution in [1.82, 2.24) is 9.88 Å². The van der Waals surface area contributed by atoms with E-state index in [0.717, 1.165) is 35.7 Å². The van der Waals surface area contributed by atoms with E-state index in [1.807, 2.05) is 31.3 Å². The average molecular weight is 400 g/mol. The Morgan fingerprint density at radius 2 is 2.00 bits per heavy atom. The first-order valence-corrected chi connectivity index (χ1v) is 9.89. The van der Waals surface area contributed by atoms with Crippen molar-refractivity contribution < 1.29 is 9.21 Å². The first-order valence-electron chi connectivity index (χ1n) is 8.69. The van der Waals surface area contributed by atoms with Gasteiger partial charge in [-0.1, -0.05) is 23.7 Å². The third-order valence-electron chi connectivity index (χ3n) is 4.46. The summed E-state index contributed by atoms with van der Waals surface area (Å²) >= 11 is 7.19. The van der Waals surface area contributed by atoms with Crippen LogP contribution in [0.4, 0.5) is 0 Å². The van der Waals surface area contributed by atoms with Gasteiger partial charge in [-0.25, -0.2) is 4.98 Å². The lowest BCUT2D eigenvalue weighted by atomic mass is 10.1. The molecule has 2 aromatic heterocycles. The standard InChI is InChI=1S/C20H18ClN3O2S/c1-24-11-10-22-19(24)13-2-4-14(5-3-13)20-23-15(12-26-20)6-7-16(25)17-8-9-18(21)27-17/h2-5,8-9,12H,6-7,10-11H2,1H3. The molecule has 3 aromatic rings. The zero-order valence-electron chi connectivity index (χ0n) is 14.8. The smallest absolute Gasteiger partial charge is 0.226 e. The number of aromatic nitrogens is 1. The molecule has 0 saturated carbocycles. The van der Waals surface area contributed by atoms with Crippen molar-refractivity contribution in [2.75, 3.05) is 20.1 Å². The molecule has 27 heavy (non-hydrogen) atoms. The van der Waals surface area contributed by atoms with Crippen LogP contribution in [0.3, 0.4) is 0 Å². The molecule has 0 radical (unpaired) electrons. The Morgan fingerprint density at radius 3 is 2.67 bits per heavy atom. The highest BCUT2D eigenvalue weighted by molar-refractivity contribution is 7.18. The number of hydrogen-bond acceptors (Lipinski definition) is 6. The predicted molar refractivity (Wildman–Crippen MR) is 108 cm³/mol. The highest BCUT2D eigenvalue weighted by atomic mass is 35.5. The number of ketones is 1. The number of oxazole rings is 1. The fourth-order valence-electron chi connectivity index (χ4n) is 2.99. The van der Waals surface area contributed by atoms with Crippen LogP contribution in [0.5, 0.6) is 0 Å². The molecule has 0 saturated heterocycles. The van der Waals surface area contributed by atoms with E-state index in [-0.39, 0.29) is 5.78 Å². The summed E-state index contributed by atoms with van der Waals surface area (Å²) in [7, 11) is 2.05. The molecule has 0 spiro atoms. The van der Waals surface area contributed by atoms with Gasteiger partial charge in [-0.05, 0) is 24.3 Å². The Bertz CT molecular complexity index is 991. The number of halogens is 1. The second kappa shape index (κ2) is 7.66. The summed E-state index contributed by atoms with van der Waals surface area (Å²) in [5.74, 6) is 1.65. The molecule has 138 valence electrons. The van der Waals surface area contributed by atoms with Gasteiger partial charge in [0.15, 0.2) is 5.78 Å². The number of nitrogens with zero attached hydrogens (tertiary/aromatic N) is 3. The lowest BCUT2D eigenvalue weighted by molar-refractivity contribution is 0.0986. The summed E-state index contributed by atoms with van der Waals surface area (Å²) in [6.45, 7) is 1.80. The molecule has 4 rings (SSSR count). The Hall–Kier alpha value is -2.44. The maximum atomic E-state index is 12.2. The summed E-state index contributed by atoms with van der Waals surface area (Å²) in [6.07, 6.45) is 2.54. The minimum atomic E-state index is 0.0715. The number of Topliss-reactive ketones (excluding diaryl/α,β-unsaturated/α-hetero) is 1. The lowest BCUT2D eigenvalue weighted by Gasteiger charge is -2.13. The van der Waals surface area contributed by atoms with Gasteiger partial charge in [0.1, 0.15) is 12.1 Å². The molecule has 1 aliphatic rings. The number of rotatable bonds is 6. The van der Waals surface area contributed by atoms with Gasteiger partial charge in [-0.2, -0.15) is 0 Å². The summed E-state index contributed by atoms with van der Waals surface area (Å²) in [4.78, 5) is 24.0. The second-order valence-electron chi connectivity index (χ2n) is 6.38. The van der Waals surface area contributed by atoms with Gasteiger partial charge in [-0.15, -0.1) is 11.3 Å². The van der Waals surface area contributed by atoms with Crippen LogP contribution in [0, 0.1) is 0 Å². The fourth-order valence-corrected chi connectivity index (χ4v) is 4.00. The SMILES string of the molecule is CN1CCN=C1c1ccc(-c2nc(CCC(=O)c3ccc(Cl)s3)co2)cc1. The Labute approximate surface area is 166 Å². The summed E-state index contributed by atoms with van der Waals surface area (Å²) in [5, 5.41) is 0. The molecule has 3 heterocycles. The van der Waals surface area contributed by atoms with Crippen LogP contribution in [0.25, 0.3) is 11.5 Å². The average Bonchev–Trinajstić information content (AvgIpc) is 3.41. The predicted octanol–water partition coefficient (Wildman–Crippen LogP) is 4.56. The van der Waals surface area contributed by atoms with Crippen LogP contribution >= 0.6 is 22.9 Å². The minimum absolute atomic E-state index is 0.0715. The van der Waals surface area contributed by atoms with E-state index in [1.54, 1.807) is 18.4 Å². The van der Waals surface area contributed by atoms with E-state index in [1.165, 1.54) is 11.3 Å². The van der Waals surface area contributed by atoms with Crippen molar-refractivity contribution in [3.63, 3.8) is 0 Å². The van der Waals surface area contributed by atoms with Crippen LogP contribution in [0.15, 0.2) is 52.1 Å². The molecule has 0 atom stereocenters. The van der Waals surface area contributed by atoms with Crippen LogP contribution < -0.4 is 0 Å². The zero-order valence-corrected chi connectivity index (χ0v) is 16.4. The normalized spacial score (nSPS) is 13.9. The molecule has 7 heteroatoms. The van der Waals surface area contributed by atoms with Crippen LogP contribution in [-0.2, 0) is 6.42 Å². The number of benzene rings is 1. The fraction of sp³-hybridized carbons (Fsp3) is 0.250. The van der Waals surface area contributed by atoms with Crippen LogP contribution in [-0.4, -0.2) is 41.6 Å². The third-order valence-corrected chi connectivity index (χ3v) is 5.73. The molecule has 0 fully saturated rings. The van der Waals surface area contributed by atoms with Gasteiger partial charge in [0, 0.05) is 37.6 Å². The van der Waals surface area contributed by atoms with E-state index in [9.17, 15) is 4.79 Å². The Morgan fingerprint density at radius 1 is 1.22 bits per heavy atom. The second-order valence-corrected chi connectivity index (χ2v) is 8.09. The molecular weight excluding hydrogens is 382 g/mol. The number of thiophene rings is 1. The number of aliphatic imine (C=N–C) groups is 1. The van der Waals surface area contributed by atoms with E-state index >= 15 is 0 Å². The van der Waals surface area contributed by atoms with E-state index in [2.05, 4.69) is 14.9 Å².